The topological polar surface area (TPSA) is 58.9 Å². The summed E-state index contributed by atoms with van der Waals surface area (Å²) in [7, 11) is 5.77. The SMILES string of the molecule is CNc1nc2cc(N(C)c3ccnc(Cl)n3)ccc2n1C. The number of imidazole rings is 1. The van der Waals surface area contributed by atoms with Crippen molar-refractivity contribution in [3.8, 4) is 0 Å². The van der Waals surface area contributed by atoms with Crippen molar-refractivity contribution >= 4 is 40.1 Å². The van der Waals surface area contributed by atoms with Crippen molar-refractivity contribution in [3.63, 3.8) is 0 Å². The van der Waals surface area contributed by atoms with E-state index in [9.17, 15) is 0 Å². The molecule has 2 heterocycles. The van der Waals surface area contributed by atoms with Gasteiger partial charge in [-0.3, -0.25) is 0 Å². The summed E-state index contributed by atoms with van der Waals surface area (Å²) < 4.78 is 2.01. The molecule has 0 atom stereocenters. The zero-order valence-corrected chi connectivity index (χ0v) is 12.8. The van der Waals surface area contributed by atoms with Crippen molar-refractivity contribution in [1.29, 1.82) is 0 Å². The third-order valence-electron chi connectivity index (χ3n) is 3.43. The number of rotatable bonds is 3. The summed E-state index contributed by atoms with van der Waals surface area (Å²) in [5, 5.41) is 3.30. The van der Waals surface area contributed by atoms with Gasteiger partial charge in [-0.25, -0.2) is 15.0 Å². The first-order valence-corrected chi connectivity index (χ1v) is 6.84. The number of hydrogen-bond donors (Lipinski definition) is 1. The summed E-state index contributed by atoms with van der Waals surface area (Å²) in [6.45, 7) is 0. The predicted octanol–water partition coefficient (Wildman–Crippen LogP) is 2.83. The van der Waals surface area contributed by atoms with Crippen LogP contribution in [0.1, 0.15) is 0 Å². The van der Waals surface area contributed by atoms with Crippen LogP contribution in [0.4, 0.5) is 17.5 Å². The molecular formula is C14H15ClN6. The van der Waals surface area contributed by atoms with E-state index in [2.05, 4.69) is 20.3 Å². The largest absolute Gasteiger partial charge is 0.359 e. The number of hydrogen-bond acceptors (Lipinski definition) is 5. The Labute approximate surface area is 127 Å². The lowest BCUT2D eigenvalue weighted by molar-refractivity contribution is 0.952. The van der Waals surface area contributed by atoms with Crippen molar-refractivity contribution in [3.05, 3.63) is 35.7 Å². The zero-order chi connectivity index (χ0) is 15.0. The minimum atomic E-state index is 0.232. The monoisotopic (exact) mass is 302 g/mol. The first kappa shape index (κ1) is 13.6. The molecule has 3 aromatic rings. The van der Waals surface area contributed by atoms with Crippen LogP contribution >= 0.6 is 11.6 Å². The van der Waals surface area contributed by atoms with E-state index >= 15 is 0 Å². The quantitative estimate of drug-likeness (QED) is 0.754. The molecule has 0 aliphatic heterocycles. The van der Waals surface area contributed by atoms with Gasteiger partial charge in [0, 0.05) is 33.0 Å². The molecular weight excluding hydrogens is 288 g/mol. The van der Waals surface area contributed by atoms with Crippen molar-refractivity contribution in [2.75, 3.05) is 24.3 Å². The van der Waals surface area contributed by atoms with Crippen LogP contribution in [0.25, 0.3) is 11.0 Å². The molecule has 0 aliphatic carbocycles. The normalized spacial score (nSPS) is 10.9. The van der Waals surface area contributed by atoms with Gasteiger partial charge in [0.05, 0.1) is 11.0 Å². The van der Waals surface area contributed by atoms with Crippen molar-refractivity contribution in [1.82, 2.24) is 19.5 Å². The summed E-state index contributed by atoms with van der Waals surface area (Å²) in [5.74, 6) is 1.56. The van der Waals surface area contributed by atoms with Gasteiger partial charge in [0.25, 0.3) is 0 Å². The van der Waals surface area contributed by atoms with Gasteiger partial charge < -0.3 is 14.8 Å². The van der Waals surface area contributed by atoms with Crippen LogP contribution in [-0.2, 0) is 7.05 Å². The maximum absolute atomic E-state index is 5.84. The van der Waals surface area contributed by atoms with E-state index in [0.717, 1.165) is 28.5 Å². The molecule has 7 heteroatoms. The van der Waals surface area contributed by atoms with E-state index in [4.69, 9.17) is 11.6 Å². The predicted molar refractivity (Wildman–Crippen MR) is 85.4 cm³/mol. The lowest BCUT2D eigenvalue weighted by Gasteiger charge is -2.18. The molecule has 0 saturated heterocycles. The van der Waals surface area contributed by atoms with Gasteiger partial charge in [-0.1, -0.05) is 0 Å². The first-order valence-electron chi connectivity index (χ1n) is 6.46. The molecule has 0 radical (unpaired) electrons. The Morgan fingerprint density at radius 2 is 2.05 bits per heavy atom. The molecule has 0 bridgehead atoms. The lowest BCUT2D eigenvalue weighted by atomic mass is 10.2. The molecule has 6 nitrogen and oxygen atoms in total. The fourth-order valence-electron chi connectivity index (χ4n) is 2.27. The second-order valence-electron chi connectivity index (χ2n) is 4.66. The second kappa shape index (κ2) is 5.21. The van der Waals surface area contributed by atoms with Crippen LogP contribution < -0.4 is 10.2 Å². The highest BCUT2D eigenvalue weighted by Crippen LogP contribution is 2.27. The fraction of sp³-hybridized carbons (Fsp3) is 0.214. The number of aryl methyl sites for hydroxylation is 1. The standard InChI is InChI=1S/C14H15ClN6/c1-16-14-18-10-8-9(4-5-11(10)21(14)3)20(2)12-6-7-17-13(15)19-12/h4-8H,1-3H3,(H,16,18). The Hall–Kier alpha value is -2.34. The van der Waals surface area contributed by atoms with Gasteiger partial charge in [-0.2, -0.15) is 0 Å². The van der Waals surface area contributed by atoms with Gasteiger partial charge in [0.15, 0.2) is 0 Å². The highest BCUT2D eigenvalue weighted by atomic mass is 35.5. The third-order valence-corrected chi connectivity index (χ3v) is 3.61. The summed E-state index contributed by atoms with van der Waals surface area (Å²) in [5.41, 5.74) is 2.97. The molecule has 0 fully saturated rings. The maximum Gasteiger partial charge on any atom is 0.224 e. The Morgan fingerprint density at radius 1 is 1.24 bits per heavy atom. The van der Waals surface area contributed by atoms with Gasteiger partial charge in [-0.15, -0.1) is 0 Å². The molecule has 0 spiro atoms. The first-order chi connectivity index (χ1) is 10.1. The zero-order valence-electron chi connectivity index (χ0n) is 12.0. The van der Waals surface area contributed by atoms with E-state index in [0.29, 0.717) is 0 Å². The minimum Gasteiger partial charge on any atom is -0.359 e. The van der Waals surface area contributed by atoms with Crippen LogP contribution in [-0.4, -0.2) is 33.6 Å². The molecule has 1 N–H and O–H groups in total. The van der Waals surface area contributed by atoms with Crippen LogP contribution in [0, 0.1) is 0 Å². The summed E-state index contributed by atoms with van der Waals surface area (Å²) >= 11 is 5.84. The average Bonchev–Trinajstić information content (AvgIpc) is 2.82. The Balaban J connectivity index is 2.04. The molecule has 2 aromatic heterocycles. The molecule has 1 aromatic carbocycles. The lowest BCUT2D eigenvalue weighted by Crippen LogP contribution is -2.11. The summed E-state index contributed by atoms with van der Waals surface area (Å²) in [6, 6.07) is 7.90. The van der Waals surface area contributed by atoms with Gasteiger partial charge in [0.2, 0.25) is 11.2 Å². The Morgan fingerprint density at radius 3 is 2.76 bits per heavy atom. The van der Waals surface area contributed by atoms with Crippen molar-refractivity contribution in [2.24, 2.45) is 7.05 Å². The minimum absolute atomic E-state index is 0.232. The van der Waals surface area contributed by atoms with E-state index in [1.165, 1.54) is 0 Å². The third kappa shape index (κ3) is 2.38. The van der Waals surface area contributed by atoms with Gasteiger partial charge in [0.1, 0.15) is 5.82 Å². The van der Waals surface area contributed by atoms with E-state index < -0.39 is 0 Å². The molecule has 0 aliphatic rings. The summed E-state index contributed by atoms with van der Waals surface area (Å²) in [4.78, 5) is 14.6. The molecule has 0 saturated carbocycles. The van der Waals surface area contributed by atoms with Gasteiger partial charge in [-0.05, 0) is 35.9 Å². The van der Waals surface area contributed by atoms with Gasteiger partial charge >= 0.3 is 0 Å². The van der Waals surface area contributed by atoms with Crippen LogP contribution in [0.5, 0.6) is 0 Å². The number of anilines is 3. The van der Waals surface area contributed by atoms with Crippen LogP contribution in [0.15, 0.2) is 30.5 Å². The van der Waals surface area contributed by atoms with E-state index in [1.807, 2.05) is 54.9 Å². The molecule has 108 valence electrons. The van der Waals surface area contributed by atoms with Crippen molar-refractivity contribution < 1.29 is 0 Å². The number of nitrogens with zero attached hydrogens (tertiary/aromatic N) is 5. The second-order valence-corrected chi connectivity index (χ2v) is 5.00. The van der Waals surface area contributed by atoms with E-state index in [-0.39, 0.29) is 5.28 Å². The molecule has 0 amide bonds. The van der Waals surface area contributed by atoms with Crippen LogP contribution in [0.3, 0.4) is 0 Å². The number of nitrogens with one attached hydrogen (secondary N) is 1. The number of benzene rings is 1. The smallest absolute Gasteiger partial charge is 0.224 e. The highest BCUT2D eigenvalue weighted by Gasteiger charge is 2.11. The molecule has 0 unspecified atom stereocenters. The fourth-order valence-corrected chi connectivity index (χ4v) is 2.41. The molecule has 3 rings (SSSR count). The highest BCUT2D eigenvalue weighted by molar-refractivity contribution is 6.28. The van der Waals surface area contributed by atoms with Crippen molar-refractivity contribution in [2.45, 2.75) is 0 Å². The number of halogens is 1. The van der Waals surface area contributed by atoms with Crippen LogP contribution in [0.2, 0.25) is 5.28 Å². The number of aromatic nitrogens is 4. The summed E-state index contributed by atoms with van der Waals surface area (Å²) in [6.07, 6.45) is 1.64. The maximum atomic E-state index is 5.84. The Kier molecular flexibility index (Phi) is 3.39. The number of fused-ring (bicyclic) bond motifs is 1. The Bertz CT molecular complexity index is 797. The average molecular weight is 303 g/mol. The van der Waals surface area contributed by atoms with E-state index in [1.54, 1.807) is 6.20 Å². The molecule has 21 heavy (non-hydrogen) atoms.